The van der Waals surface area contributed by atoms with E-state index in [4.69, 9.17) is 0 Å². The molecule has 132 valence electrons. The normalized spacial score (nSPS) is 15.6. The predicted octanol–water partition coefficient (Wildman–Crippen LogP) is 4.60. The molecule has 1 aliphatic carbocycles. The molecule has 2 N–H and O–H groups in total. The van der Waals surface area contributed by atoms with Crippen LogP contribution in [0, 0.1) is 18.2 Å². The third kappa shape index (κ3) is 3.25. The van der Waals surface area contributed by atoms with Gasteiger partial charge in [-0.3, -0.25) is 4.79 Å². The first kappa shape index (κ1) is 18.3. The molecule has 0 unspecified atom stereocenters. The third-order valence-electron chi connectivity index (χ3n) is 4.12. The van der Waals surface area contributed by atoms with E-state index in [9.17, 15) is 22.4 Å². The molecule has 0 atom stereocenters. The standard InChI is InChI=1S/C15H14F4N2O.C2H6/c1-8-4-12-9(6-11(8)16)5-10(21-12)7-20-13(22)14(2-3-14)15(17,18)19;1-2/h4-6,21H,2-3,7H2,1H3,(H,20,22);1-2H3. The lowest BCUT2D eigenvalue weighted by molar-refractivity contribution is -0.192. The van der Waals surface area contributed by atoms with Gasteiger partial charge in [-0.15, -0.1) is 0 Å². The maximum absolute atomic E-state index is 13.5. The number of aromatic nitrogens is 1. The number of H-pyrrole nitrogens is 1. The molecule has 7 heteroatoms. The maximum atomic E-state index is 13.5. The number of halogens is 4. The molecule has 1 fully saturated rings. The van der Waals surface area contributed by atoms with Crippen LogP contribution in [0.5, 0.6) is 0 Å². The van der Waals surface area contributed by atoms with Crippen LogP contribution in [0.25, 0.3) is 10.9 Å². The molecule has 0 aliphatic heterocycles. The molecule has 0 saturated heterocycles. The number of aromatic amines is 1. The van der Waals surface area contributed by atoms with Crippen LogP contribution in [-0.2, 0) is 11.3 Å². The van der Waals surface area contributed by atoms with E-state index in [2.05, 4.69) is 10.3 Å². The minimum absolute atomic E-state index is 0.0496. The van der Waals surface area contributed by atoms with Gasteiger partial charge in [0.1, 0.15) is 11.2 Å². The molecular weight excluding hydrogens is 324 g/mol. The molecule has 1 aromatic carbocycles. The van der Waals surface area contributed by atoms with Crippen LogP contribution in [0.3, 0.4) is 0 Å². The Morgan fingerprint density at radius 1 is 1.25 bits per heavy atom. The van der Waals surface area contributed by atoms with E-state index in [1.54, 1.807) is 19.1 Å². The van der Waals surface area contributed by atoms with Crippen molar-refractivity contribution < 1.29 is 22.4 Å². The van der Waals surface area contributed by atoms with Gasteiger partial charge in [-0.05, 0) is 43.5 Å². The topological polar surface area (TPSA) is 44.9 Å². The average Bonchev–Trinajstić information content (AvgIpc) is 3.26. The Balaban J connectivity index is 0.00000100. The Bertz CT molecular complexity index is 706. The fourth-order valence-electron chi connectivity index (χ4n) is 2.53. The van der Waals surface area contributed by atoms with Crippen molar-refractivity contribution in [3.05, 3.63) is 35.3 Å². The van der Waals surface area contributed by atoms with E-state index >= 15 is 0 Å². The summed E-state index contributed by atoms with van der Waals surface area (Å²) in [6.07, 6.45) is -4.85. The van der Waals surface area contributed by atoms with E-state index in [0.717, 1.165) is 0 Å². The lowest BCUT2D eigenvalue weighted by Gasteiger charge is -2.18. The predicted molar refractivity (Wildman–Crippen MR) is 83.9 cm³/mol. The third-order valence-corrected chi connectivity index (χ3v) is 4.12. The maximum Gasteiger partial charge on any atom is 0.403 e. The van der Waals surface area contributed by atoms with Gasteiger partial charge in [-0.2, -0.15) is 13.2 Å². The van der Waals surface area contributed by atoms with E-state index in [1.165, 1.54) is 6.07 Å². The fraction of sp³-hybridized carbons (Fsp3) is 0.471. The van der Waals surface area contributed by atoms with E-state index in [-0.39, 0.29) is 25.2 Å². The number of hydrogen-bond acceptors (Lipinski definition) is 1. The van der Waals surface area contributed by atoms with Gasteiger partial charge in [0.15, 0.2) is 0 Å². The number of rotatable bonds is 3. The van der Waals surface area contributed by atoms with Crippen molar-refractivity contribution in [2.24, 2.45) is 5.41 Å². The molecule has 0 radical (unpaired) electrons. The second kappa shape index (κ2) is 6.45. The number of hydrogen-bond donors (Lipinski definition) is 2. The minimum Gasteiger partial charge on any atom is -0.357 e. The summed E-state index contributed by atoms with van der Waals surface area (Å²) in [7, 11) is 0. The van der Waals surface area contributed by atoms with Crippen molar-refractivity contribution in [3.8, 4) is 0 Å². The number of amides is 1. The molecule has 2 aromatic rings. The van der Waals surface area contributed by atoms with E-state index in [1.807, 2.05) is 13.8 Å². The highest BCUT2D eigenvalue weighted by atomic mass is 19.4. The first-order chi connectivity index (χ1) is 11.2. The Morgan fingerprint density at radius 3 is 2.42 bits per heavy atom. The van der Waals surface area contributed by atoms with Crippen molar-refractivity contribution in [1.29, 1.82) is 0 Å². The summed E-state index contributed by atoms with van der Waals surface area (Å²) in [6.45, 7) is 5.57. The summed E-state index contributed by atoms with van der Waals surface area (Å²) in [5.74, 6) is -1.35. The van der Waals surface area contributed by atoms with Crippen LogP contribution in [0.2, 0.25) is 0 Å². The first-order valence-electron chi connectivity index (χ1n) is 7.86. The van der Waals surface area contributed by atoms with Crippen molar-refractivity contribution in [2.45, 2.75) is 46.3 Å². The fourth-order valence-corrected chi connectivity index (χ4v) is 2.53. The summed E-state index contributed by atoms with van der Waals surface area (Å²) in [5.41, 5.74) is -0.535. The Labute approximate surface area is 137 Å². The quantitative estimate of drug-likeness (QED) is 0.785. The second-order valence-electron chi connectivity index (χ2n) is 5.75. The van der Waals surface area contributed by atoms with Crippen molar-refractivity contribution in [1.82, 2.24) is 10.3 Å². The van der Waals surface area contributed by atoms with Crippen LogP contribution < -0.4 is 5.32 Å². The van der Waals surface area contributed by atoms with Gasteiger partial charge in [-0.25, -0.2) is 4.39 Å². The number of nitrogens with one attached hydrogen (secondary N) is 2. The molecule has 1 amide bonds. The molecule has 1 heterocycles. The molecule has 1 saturated carbocycles. The SMILES string of the molecule is CC.Cc1cc2[nH]c(CNC(=O)C3(C(F)(F)F)CC3)cc2cc1F. The van der Waals surface area contributed by atoms with E-state index in [0.29, 0.717) is 22.2 Å². The highest BCUT2D eigenvalue weighted by Crippen LogP contribution is 2.57. The van der Waals surface area contributed by atoms with Crippen molar-refractivity contribution in [2.75, 3.05) is 0 Å². The Hall–Kier alpha value is -2.05. The molecule has 3 rings (SSSR count). The summed E-state index contributed by atoms with van der Waals surface area (Å²) in [6, 6.07) is 4.59. The highest BCUT2D eigenvalue weighted by Gasteiger charge is 2.68. The number of aryl methyl sites for hydroxylation is 1. The number of benzene rings is 1. The second-order valence-corrected chi connectivity index (χ2v) is 5.75. The monoisotopic (exact) mass is 344 g/mol. The summed E-state index contributed by atoms with van der Waals surface area (Å²) >= 11 is 0. The smallest absolute Gasteiger partial charge is 0.357 e. The van der Waals surface area contributed by atoms with Gasteiger partial charge < -0.3 is 10.3 Å². The van der Waals surface area contributed by atoms with Gasteiger partial charge in [0.2, 0.25) is 5.91 Å². The van der Waals surface area contributed by atoms with Gasteiger partial charge in [0.25, 0.3) is 0 Å². The first-order valence-corrected chi connectivity index (χ1v) is 7.86. The number of alkyl halides is 3. The van der Waals surface area contributed by atoms with Crippen LogP contribution in [0.1, 0.15) is 37.9 Å². The lowest BCUT2D eigenvalue weighted by Crippen LogP contribution is -2.40. The number of carbonyl (C=O) groups is 1. The number of fused-ring (bicyclic) bond motifs is 1. The summed E-state index contributed by atoms with van der Waals surface area (Å²) < 4.78 is 51.9. The van der Waals surface area contributed by atoms with Crippen LogP contribution in [-0.4, -0.2) is 17.1 Å². The number of carbonyl (C=O) groups excluding carboxylic acids is 1. The van der Waals surface area contributed by atoms with Gasteiger partial charge in [0.05, 0.1) is 6.54 Å². The van der Waals surface area contributed by atoms with Crippen LogP contribution in [0.15, 0.2) is 18.2 Å². The molecular formula is C17H20F4N2O. The lowest BCUT2D eigenvalue weighted by atomic mass is 10.1. The zero-order valence-electron chi connectivity index (χ0n) is 13.8. The molecule has 0 bridgehead atoms. The van der Waals surface area contributed by atoms with E-state index < -0.39 is 17.5 Å². The van der Waals surface area contributed by atoms with Crippen LogP contribution in [0.4, 0.5) is 17.6 Å². The van der Waals surface area contributed by atoms with Crippen molar-refractivity contribution in [3.63, 3.8) is 0 Å². The largest absolute Gasteiger partial charge is 0.403 e. The minimum atomic E-state index is -4.52. The molecule has 24 heavy (non-hydrogen) atoms. The van der Waals surface area contributed by atoms with Gasteiger partial charge in [0, 0.05) is 16.6 Å². The molecule has 1 aromatic heterocycles. The molecule has 1 aliphatic rings. The van der Waals surface area contributed by atoms with Gasteiger partial charge in [-0.1, -0.05) is 13.8 Å². The Kier molecular flexibility index (Phi) is 4.92. The Morgan fingerprint density at radius 2 is 1.88 bits per heavy atom. The summed E-state index contributed by atoms with van der Waals surface area (Å²) in [5, 5.41) is 2.93. The average molecular weight is 344 g/mol. The van der Waals surface area contributed by atoms with Crippen molar-refractivity contribution >= 4 is 16.8 Å². The zero-order valence-corrected chi connectivity index (χ0v) is 13.8. The van der Waals surface area contributed by atoms with Crippen LogP contribution >= 0.6 is 0 Å². The zero-order chi connectivity index (χ0) is 18.1. The summed E-state index contributed by atoms with van der Waals surface area (Å²) in [4.78, 5) is 14.7. The molecule has 3 nitrogen and oxygen atoms in total. The highest BCUT2D eigenvalue weighted by molar-refractivity contribution is 5.86. The van der Waals surface area contributed by atoms with Gasteiger partial charge >= 0.3 is 6.18 Å². The molecule has 0 spiro atoms.